The van der Waals surface area contributed by atoms with Gasteiger partial charge in [-0.15, -0.1) is 0 Å². The number of benzene rings is 1. The molecule has 0 atom stereocenters. The third-order valence-corrected chi connectivity index (χ3v) is 1.30. The van der Waals surface area contributed by atoms with Crippen molar-refractivity contribution in [3.63, 3.8) is 0 Å². The van der Waals surface area contributed by atoms with E-state index in [0.29, 0.717) is 0 Å². The van der Waals surface area contributed by atoms with Crippen molar-refractivity contribution in [2.75, 3.05) is 0 Å². The van der Waals surface area contributed by atoms with Gasteiger partial charge in [-0.2, -0.15) is 5.26 Å². The van der Waals surface area contributed by atoms with Gasteiger partial charge in [0.25, 0.3) is 0 Å². The fourth-order valence-electron chi connectivity index (χ4n) is 0.759. The van der Waals surface area contributed by atoms with Gasteiger partial charge in [0, 0.05) is 41.7 Å². The zero-order chi connectivity index (χ0) is 8.81. The van der Waals surface area contributed by atoms with Gasteiger partial charge in [-0.25, -0.2) is 4.79 Å². The van der Waals surface area contributed by atoms with Crippen LogP contribution in [-0.2, 0) is 9.68 Å². The summed E-state index contributed by atoms with van der Waals surface area (Å²) < 4.78 is 0. The molecule has 1 N–H and O–H groups in total. The second-order valence-corrected chi connectivity index (χ2v) is 2.15. The molecule has 0 aliphatic rings. The van der Waals surface area contributed by atoms with E-state index < -0.39 is 5.97 Å². The van der Waals surface area contributed by atoms with Crippen molar-refractivity contribution in [3.05, 3.63) is 42.0 Å². The molecule has 0 unspecified atom stereocenters. The van der Waals surface area contributed by atoms with Crippen LogP contribution in [0.15, 0.2) is 36.4 Å². The Labute approximate surface area is 104 Å². The first-order chi connectivity index (χ1) is 5.83. The van der Waals surface area contributed by atoms with Crippen LogP contribution in [0, 0.1) is 35.6 Å². The second kappa shape index (κ2) is 7.03. The molecule has 4 heteroatoms. The SMILES string of the molecule is O=C(/C=C/c1ccccc1)OO.[La]. The van der Waals surface area contributed by atoms with Crippen LogP contribution in [0.2, 0.25) is 0 Å². The summed E-state index contributed by atoms with van der Waals surface area (Å²) >= 11 is 0. The van der Waals surface area contributed by atoms with Crippen molar-refractivity contribution in [2.45, 2.75) is 0 Å². The van der Waals surface area contributed by atoms with E-state index >= 15 is 0 Å². The number of hydrogen-bond acceptors (Lipinski definition) is 3. The normalized spacial score (nSPS) is 9.31. The molecule has 65 valence electrons. The van der Waals surface area contributed by atoms with Crippen molar-refractivity contribution >= 4 is 12.0 Å². The van der Waals surface area contributed by atoms with Crippen molar-refractivity contribution in [3.8, 4) is 0 Å². The number of hydrogen-bond donors (Lipinski definition) is 1. The van der Waals surface area contributed by atoms with Gasteiger partial charge in [-0.1, -0.05) is 30.3 Å². The standard InChI is InChI=1S/C9H8O3.La/c10-9(12-11)7-6-8-4-2-1-3-5-8;/h1-7,11H;/b7-6+;. The molecule has 1 rings (SSSR count). The van der Waals surface area contributed by atoms with E-state index in [9.17, 15) is 4.79 Å². The van der Waals surface area contributed by atoms with Crippen molar-refractivity contribution in [2.24, 2.45) is 0 Å². The van der Waals surface area contributed by atoms with Crippen molar-refractivity contribution in [1.82, 2.24) is 0 Å². The number of carbonyl (C=O) groups is 1. The van der Waals surface area contributed by atoms with Crippen LogP contribution in [-0.4, -0.2) is 11.2 Å². The van der Waals surface area contributed by atoms with Crippen LogP contribution in [0.3, 0.4) is 0 Å². The van der Waals surface area contributed by atoms with Crippen LogP contribution >= 0.6 is 0 Å². The molecule has 1 aromatic rings. The van der Waals surface area contributed by atoms with Gasteiger partial charge in [-0.3, -0.25) is 4.89 Å². The van der Waals surface area contributed by atoms with Crippen LogP contribution in [0.4, 0.5) is 0 Å². The van der Waals surface area contributed by atoms with Crippen molar-refractivity contribution in [1.29, 1.82) is 0 Å². The fraction of sp³-hybridized carbons (Fsp3) is 0. The maximum absolute atomic E-state index is 10.4. The first-order valence-electron chi connectivity index (χ1n) is 3.41. The summed E-state index contributed by atoms with van der Waals surface area (Å²) in [4.78, 5) is 13.9. The van der Waals surface area contributed by atoms with Crippen LogP contribution < -0.4 is 0 Å². The fourth-order valence-corrected chi connectivity index (χ4v) is 0.759. The van der Waals surface area contributed by atoms with Gasteiger partial charge >= 0.3 is 5.97 Å². The quantitative estimate of drug-likeness (QED) is 0.514. The topological polar surface area (TPSA) is 46.5 Å². The predicted molar refractivity (Wildman–Crippen MR) is 44.2 cm³/mol. The maximum Gasteiger partial charge on any atom is 0.365 e. The van der Waals surface area contributed by atoms with E-state index in [4.69, 9.17) is 5.26 Å². The monoisotopic (exact) mass is 303 g/mol. The Morgan fingerprint density at radius 2 is 1.92 bits per heavy atom. The predicted octanol–water partition coefficient (Wildman–Crippen LogP) is 1.72. The molecule has 0 bridgehead atoms. The van der Waals surface area contributed by atoms with Gasteiger partial charge in [0.15, 0.2) is 0 Å². The van der Waals surface area contributed by atoms with Crippen LogP contribution in [0.5, 0.6) is 0 Å². The van der Waals surface area contributed by atoms with Crippen LogP contribution in [0.1, 0.15) is 5.56 Å². The van der Waals surface area contributed by atoms with E-state index in [2.05, 4.69) is 4.89 Å². The van der Waals surface area contributed by atoms with Gasteiger partial charge in [0.05, 0.1) is 0 Å². The zero-order valence-corrected chi connectivity index (χ0v) is 10.5. The zero-order valence-electron chi connectivity index (χ0n) is 6.88. The number of rotatable bonds is 2. The molecule has 0 aromatic heterocycles. The first kappa shape index (κ1) is 12.6. The first-order valence-corrected chi connectivity index (χ1v) is 3.41. The van der Waals surface area contributed by atoms with E-state index in [1.54, 1.807) is 6.08 Å². The summed E-state index contributed by atoms with van der Waals surface area (Å²) in [5.74, 6) is -0.779. The average molecular weight is 303 g/mol. The summed E-state index contributed by atoms with van der Waals surface area (Å²) in [6.45, 7) is 0. The Bertz CT molecular complexity index is 282. The van der Waals surface area contributed by atoms with Gasteiger partial charge in [0.2, 0.25) is 0 Å². The van der Waals surface area contributed by atoms with E-state index in [1.165, 1.54) is 0 Å². The molecule has 0 aliphatic carbocycles. The Balaban J connectivity index is 0.00000144. The minimum Gasteiger partial charge on any atom is -0.296 e. The molecule has 0 heterocycles. The molecule has 0 saturated heterocycles. The third kappa shape index (κ3) is 5.00. The molecular formula is C9H8LaO3. The minimum absolute atomic E-state index is 0. The van der Waals surface area contributed by atoms with Gasteiger partial charge in [-0.05, 0) is 11.6 Å². The molecule has 1 radical (unpaired) electrons. The summed E-state index contributed by atoms with van der Waals surface area (Å²) in [7, 11) is 0. The smallest absolute Gasteiger partial charge is 0.296 e. The summed E-state index contributed by atoms with van der Waals surface area (Å²) in [5.41, 5.74) is 0.878. The maximum atomic E-state index is 10.4. The average Bonchev–Trinajstić information content (AvgIpc) is 2.16. The molecule has 0 saturated carbocycles. The summed E-state index contributed by atoms with van der Waals surface area (Å²) in [5, 5.41) is 7.91. The van der Waals surface area contributed by atoms with Gasteiger partial charge < -0.3 is 0 Å². The Morgan fingerprint density at radius 3 is 2.46 bits per heavy atom. The molecule has 1 aromatic carbocycles. The van der Waals surface area contributed by atoms with Gasteiger partial charge in [0.1, 0.15) is 0 Å². The minimum atomic E-state index is -0.779. The second-order valence-electron chi connectivity index (χ2n) is 2.15. The Hall–Kier alpha value is -0.415. The largest absolute Gasteiger partial charge is 0.365 e. The van der Waals surface area contributed by atoms with E-state index in [-0.39, 0.29) is 35.6 Å². The molecular weight excluding hydrogens is 295 g/mol. The Morgan fingerprint density at radius 1 is 1.31 bits per heavy atom. The molecule has 0 amide bonds. The van der Waals surface area contributed by atoms with E-state index in [0.717, 1.165) is 11.6 Å². The molecule has 0 fully saturated rings. The number of carbonyl (C=O) groups excluding carboxylic acids is 1. The van der Waals surface area contributed by atoms with Crippen molar-refractivity contribution < 1.29 is 50.5 Å². The Kier molecular flexibility index (Phi) is 6.81. The molecule has 0 spiro atoms. The van der Waals surface area contributed by atoms with E-state index in [1.807, 2.05) is 30.3 Å². The molecule has 13 heavy (non-hydrogen) atoms. The molecule has 3 nitrogen and oxygen atoms in total. The summed E-state index contributed by atoms with van der Waals surface area (Å²) in [6.07, 6.45) is 2.70. The third-order valence-electron chi connectivity index (χ3n) is 1.30. The molecule has 0 aliphatic heterocycles. The summed E-state index contributed by atoms with van der Waals surface area (Å²) in [6, 6.07) is 9.25. The van der Waals surface area contributed by atoms with Crippen LogP contribution in [0.25, 0.3) is 6.08 Å².